The third kappa shape index (κ3) is 7.67. The van der Waals surface area contributed by atoms with Crippen LogP contribution < -0.4 is 17.2 Å². The summed E-state index contributed by atoms with van der Waals surface area (Å²) in [6.45, 7) is 4.93. The zero-order valence-electron chi connectivity index (χ0n) is 21.4. The van der Waals surface area contributed by atoms with E-state index >= 15 is 0 Å². The number of phenols is 1. The maximum Gasteiger partial charge on any atom is 0.335 e. The summed E-state index contributed by atoms with van der Waals surface area (Å²) in [7, 11) is 0. The molecule has 0 radical (unpaired) electrons. The smallest absolute Gasteiger partial charge is 0.335 e. The molecule has 0 amide bonds. The number of benzene rings is 4. The summed E-state index contributed by atoms with van der Waals surface area (Å²) in [6.07, 6.45) is 0. The minimum Gasteiger partial charge on any atom is -0.506 e. The Morgan fingerprint density at radius 3 is 1.89 bits per heavy atom. The van der Waals surface area contributed by atoms with Crippen molar-refractivity contribution in [2.75, 3.05) is 5.73 Å². The molecule has 0 fully saturated rings. The largest absolute Gasteiger partial charge is 0.506 e. The molecule has 4 aromatic carbocycles. The molecule has 0 aliphatic heterocycles. The Kier molecular flexibility index (Phi) is 9.59. The summed E-state index contributed by atoms with van der Waals surface area (Å²) in [5, 5.41) is 17.5. The molecule has 1 aromatic heterocycles. The molecule has 8 N–H and O–H groups in total. The number of hydrogen-bond acceptors (Lipinski definition) is 7. The number of aromatic hydroxyl groups is 1. The van der Waals surface area contributed by atoms with Crippen molar-refractivity contribution in [2.24, 2.45) is 11.5 Å². The predicted molar refractivity (Wildman–Crippen MR) is 151 cm³/mol. The number of hydrogen-bond donors (Lipinski definition) is 5. The molecule has 38 heavy (non-hydrogen) atoms. The van der Waals surface area contributed by atoms with Crippen molar-refractivity contribution < 1.29 is 19.4 Å². The van der Waals surface area contributed by atoms with Crippen LogP contribution in [0.25, 0.3) is 22.6 Å². The van der Waals surface area contributed by atoms with Crippen LogP contribution in [0.5, 0.6) is 5.75 Å². The second kappa shape index (κ2) is 13.0. The standard InChI is InChI=1S/C15H14N2O.C8H9NO2.C7H9NO/c1-10-2-7-13-14(8-10)18-15(17-13)12-5-3-11(9-16)4-6-12;9-5-6-1-3-7(4-2-6)8(10)11;1-5-2-3-6(8)7(9)4-5/h2-8H,9,16H2,1H3;1-4H,5,9H2,(H,10,11);2-4,9H,8H2,1H3. The van der Waals surface area contributed by atoms with E-state index in [4.69, 9.17) is 31.8 Å². The van der Waals surface area contributed by atoms with Crippen molar-refractivity contribution in [1.82, 2.24) is 4.98 Å². The number of oxazole rings is 1. The molecule has 0 bridgehead atoms. The number of aryl methyl sites for hydroxylation is 2. The van der Waals surface area contributed by atoms with Crippen molar-refractivity contribution in [2.45, 2.75) is 26.9 Å². The highest BCUT2D eigenvalue weighted by Crippen LogP contribution is 2.25. The van der Waals surface area contributed by atoms with Crippen LogP contribution in [0.1, 0.15) is 32.6 Å². The highest BCUT2D eigenvalue weighted by molar-refractivity contribution is 5.87. The van der Waals surface area contributed by atoms with Gasteiger partial charge in [-0.2, -0.15) is 0 Å². The Hall–Kier alpha value is -4.66. The summed E-state index contributed by atoms with van der Waals surface area (Å²) in [4.78, 5) is 14.9. The molecule has 8 heteroatoms. The lowest BCUT2D eigenvalue weighted by atomic mass is 10.1. The first-order valence-corrected chi connectivity index (χ1v) is 11.9. The highest BCUT2D eigenvalue weighted by Gasteiger charge is 2.08. The van der Waals surface area contributed by atoms with Crippen LogP contribution >= 0.6 is 0 Å². The molecular weight excluding hydrogens is 480 g/mol. The molecule has 0 spiro atoms. The summed E-state index contributed by atoms with van der Waals surface area (Å²) >= 11 is 0. The van der Waals surface area contributed by atoms with Crippen LogP contribution in [0, 0.1) is 13.8 Å². The van der Waals surface area contributed by atoms with Gasteiger partial charge in [-0.1, -0.05) is 36.4 Å². The van der Waals surface area contributed by atoms with E-state index in [2.05, 4.69) is 4.98 Å². The van der Waals surface area contributed by atoms with Crippen molar-refractivity contribution in [3.63, 3.8) is 0 Å². The first-order valence-electron chi connectivity index (χ1n) is 11.9. The second-order valence-corrected chi connectivity index (χ2v) is 8.66. The zero-order valence-corrected chi connectivity index (χ0v) is 21.4. The number of aromatic nitrogens is 1. The van der Waals surface area contributed by atoms with Crippen molar-refractivity contribution in [3.8, 4) is 17.2 Å². The third-order valence-electron chi connectivity index (χ3n) is 5.60. The maximum absolute atomic E-state index is 10.4. The van der Waals surface area contributed by atoms with Gasteiger partial charge < -0.3 is 31.8 Å². The molecule has 5 rings (SSSR count). The van der Waals surface area contributed by atoms with E-state index in [-0.39, 0.29) is 5.75 Å². The van der Waals surface area contributed by atoms with E-state index in [1.165, 1.54) is 5.56 Å². The van der Waals surface area contributed by atoms with E-state index in [1.54, 1.807) is 36.4 Å². The number of nitrogens with two attached hydrogens (primary N) is 3. The Bertz CT molecular complexity index is 1490. The molecule has 0 aliphatic rings. The monoisotopic (exact) mass is 512 g/mol. The molecule has 0 aliphatic carbocycles. The molecule has 0 saturated carbocycles. The molecule has 0 saturated heterocycles. The lowest BCUT2D eigenvalue weighted by Gasteiger charge is -1.97. The number of anilines is 1. The first-order chi connectivity index (χ1) is 18.2. The molecule has 0 unspecified atom stereocenters. The lowest BCUT2D eigenvalue weighted by molar-refractivity contribution is 0.0697. The number of aromatic carboxylic acids is 1. The fraction of sp³-hybridized carbons (Fsp3) is 0.133. The number of carboxylic acid groups (broad SMARTS) is 1. The number of phenolic OH excluding ortho intramolecular Hbond substituents is 1. The minimum absolute atomic E-state index is 0.162. The minimum atomic E-state index is -0.909. The quantitative estimate of drug-likeness (QED) is 0.158. The molecule has 1 heterocycles. The van der Waals surface area contributed by atoms with Gasteiger partial charge in [0.25, 0.3) is 0 Å². The van der Waals surface area contributed by atoms with Gasteiger partial charge >= 0.3 is 5.97 Å². The van der Waals surface area contributed by atoms with Crippen molar-refractivity contribution in [1.29, 1.82) is 0 Å². The van der Waals surface area contributed by atoms with E-state index in [1.807, 2.05) is 62.4 Å². The normalized spacial score (nSPS) is 10.2. The van der Waals surface area contributed by atoms with E-state index in [9.17, 15) is 4.79 Å². The fourth-order valence-corrected chi connectivity index (χ4v) is 3.38. The maximum atomic E-state index is 10.4. The fourth-order valence-electron chi connectivity index (χ4n) is 3.38. The Labute approximate surface area is 221 Å². The summed E-state index contributed by atoms with van der Waals surface area (Å²) in [5.74, 6) is -0.0947. The van der Waals surface area contributed by atoms with Gasteiger partial charge in [-0.05, 0) is 84.6 Å². The van der Waals surface area contributed by atoms with Gasteiger partial charge in [0.2, 0.25) is 5.89 Å². The van der Waals surface area contributed by atoms with Gasteiger partial charge in [-0.3, -0.25) is 0 Å². The molecule has 5 aromatic rings. The van der Waals surface area contributed by atoms with Crippen molar-refractivity contribution >= 4 is 22.8 Å². The molecule has 0 atom stereocenters. The SMILES string of the molecule is Cc1ccc(N)c(O)c1.Cc1ccc2nc(-c3ccc(CN)cc3)oc2c1.NCc1ccc(C(=O)O)cc1. The van der Waals surface area contributed by atoms with Gasteiger partial charge in [0.1, 0.15) is 11.3 Å². The van der Waals surface area contributed by atoms with Crippen LogP contribution in [0.15, 0.2) is 89.3 Å². The Balaban J connectivity index is 0.000000172. The number of rotatable bonds is 4. The van der Waals surface area contributed by atoms with Crippen LogP contribution in [-0.2, 0) is 13.1 Å². The molecule has 8 nitrogen and oxygen atoms in total. The predicted octanol–water partition coefficient (Wildman–Crippen LogP) is 5.39. The van der Waals surface area contributed by atoms with E-state index in [0.717, 1.165) is 33.4 Å². The van der Waals surface area contributed by atoms with E-state index < -0.39 is 5.97 Å². The number of carboxylic acids is 1. The molecular formula is C30H32N4O4. The highest BCUT2D eigenvalue weighted by atomic mass is 16.4. The van der Waals surface area contributed by atoms with Crippen LogP contribution in [0.3, 0.4) is 0 Å². The summed E-state index contributed by atoms with van der Waals surface area (Å²) < 4.78 is 5.77. The topological polar surface area (TPSA) is 162 Å². The average molecular weight is 513 g/mol. The van der Waals surface area contributed by atoms with E-state index in [0.29, 0.717) is 30.2 Å². The lowest BCUT2D eigenvalue weighted by Crippen LogP contribution is -1.99. The first kappa shape index (κ1) is 27.9. The summed E-state index contributed by atoms with van der Waals surface area (Å²) in [5.41, 5.74) is 23.9. The average Bonchev–Trinajstić information content (AvgIpc) is 3.35. The Morgan fingerprint density at radius 2 is 1.37 bits per heavy atom. The summed E-state index contributed by atoms with van der Waals surface area (Å²) in [6, 6.07) is 25.7. The number of nitrogen functional groups attached to an aromatic ring is 1. The van der Waals surface area contributed by atoms with Crippen LogP contribution in [0.2, 0.25) is 0 Å². The third-order valence-corrected chi connectivity index (χ3v) is 5.60. The van der Waals surface area contributed by atoms with Gasteiger partial charge in [0, 0.05) is 18.7 Å². The zero-order chi connectivity index (χ0) is 27.7. The second-order valence-electron chi connectivity index (χ2n) is 8.66. The number of nitrogens with zero attached hydrogens (tertiary/aromatic N) is 1. The van der Waals surface area contributed by atoms with Gasteiger partial charge in [0.05, 0.1) is 11.3 Å². The van der Waals surface area contributed by atoms with Gasteiger partial charge in [0.15, 0.2) is 5.58 Å². The number of fused-ring (bicyclic) bond motifs is 1. The number of carbonyl (C=O) groups is 1. The van der Waals surface area contributed by atoms with Crippen molar-refractivity contribution in [3.05, 3.63) is 113 Å². The van der Waals surface area contributed by atoms with Gasteiger partial charge in [-0.25, -0.2) is 9.78 Å². The molecule has 196 valence electrons. The van der Waals surface area contributed by atoms with Gasteiger partial charge in [-0.15, -0.1) is 0 Å². The Morgan fingerprint density at radius 1 is 0.816 bits per heavy atom. The van der Waals surface area contributed by atoms with Crippen LogP contribution in [-0.4, -0.2) is 21.2 Å². The van der Waals surface area contributed by atoms with Crippen LogP contribution in [0.4, 0.5) is 5.69 Å².